The Hall–Kier alpha value is -1.66. The van der Waals surface area contributed by atoms with Crippen molar-refractivity contribution in [1.82, 2.24) is 0 Å². The van der Waals surface area contributed by atoms with Crippen LogP contribution >= 0.6 is 11.6 Å². The van der Waals surface area contributed by atoms with Crippen molar-refractivity contribution < 1.29 is 23.5 Å². The van der Waals surface area contributed by atoms with Crippen LogP contribution < -0.4 is 5.73 Å². The normalized spacial score (nSPS) is 13.9. The summed E-state index contributed by atoms with van der Waals surface area (Å²) < 4.78 is 24.3. The standard InChI is InChI=1S/C17H23ClFNO4/c1-16(2,3)24-15(22)6-4-5-14(21)23-11-17(19,20)12-7-9-13(18)10-8-12/h7-10H,4-6,11,20H2,1-3H3. The maximum Gasteiger partial charge on any atom is 0.306 e. The molecule has 0 heterocycles. The van der Waals surface area contributed by atoms with E-state index in [2.05, 4.69) is 0 Å². The summed E-state index contributed by atoms with van der Waals surface area (Å²) in [6.07, 6.45) is 0.335. The quantitative estimate of drug-likeness (QED) is 0.595. The van der Waals surface area contributed by atoms with Gasteiger partial charge in [0.05, 0.1) is 0 Å². The predicted molar refractivity (Wildman–Crippen MR) is 89.1 cm³/mol. The molecule has 0 saturated carbocycles. The number of hydrogen-bond donors (Lipinski definition) is 1. The molecular weight excluding hydrogens is 337 g/mol. The van der Waals surface area contributed by atoms with Gasteiger partial charge in [-0.25, -0.2) is 4.39 Å². The van der Waals surface area contributed by atoms with E-state index in [4.69, 9.17) is 26.8 Å². The largest absolute Gasteiger partial charge is 0.460 e. The summed E-state index contributed by atoms with van der Waals surface area (Å²) in [4.78, 5) is 23.1. The first kappa shape index (κ1) is 20.4. The van der Waals surface area contributed by atoms with E-state index < -0.39 is 29.9 Å². The summed E-state index contributed by atoms with van der Waals surface area (Å²) in [6.45, 7) is 4.67. The monoisotopic (exact) mass is 359 g/mol. The van der Waals surface area contributed by atoms with E-state index in [1.807, 2.05) is 0 Å². The Kier molecular flexibility index (Phi) is 7.17. The first-order valence-corrected chi connectivity index (χ1v) is 7.99. The molecule has 134 valence electrons. The van der Waals surface area contributed by atoms with Gasteiger partial charge in [0.25, 0.3) is 0 Å². The van der Waals surface area contributed by atoms with E-state index in [9.17, 15) is 14.0 Å². The molecule has 1 aromatic carbocycles. The summed E-state index contributed by atoms with van der Waals surface area (Å²) in [5, 5.41) is 0.452. The van der Waals surface area contributed by atoms with E-state index >= 15 is 0 Å². The summed E-state index contributed by atoms with van der Waals surface area (Å²) in [6, 6.07) is 5.86. The second-order valence-electron chi connectivity index (χ2n) is 6.47. The number of carbonyl (C=O) groups is 2. The number of alkyl halides is 1. The highest BCUT2D eigenvalue weighted by atomic mass is 35.5. The van der Waals surface area contributed by atoms with Crippen LogP contribution in [0.3, 0.4) is 0 Å². The van der Waals surface area contributed by atoms with Crippen molar-refractivity contribution in [3.05, 3.63) is 34.9 Å². The lowest BCUT2D eigenvalue weighted by Crippen LogP contribution is -2.37. The molecule has 1 rings (SSSR count). The minimum absolute atomic E-state index is 0.0179. The Bertz CT molecular complexity index is 567. The molecule has 0 aliphatic rings. The third kappa shape index (κ3) is 7.75. The van der Waals surface area contributed by atoms with Crippen molar-refractivity contribution >= 4 is 23.5 Å². The van der Waals surface area contributed by atoms with E-state index in [1.165, 1.54) is 24.3 Å². The molecule has 2 N–H and O–H groups in total. The first-order chi connectivity index (χ1) is 11.0. The van der Waals surface area contributed by atoms with Crippen molar-refractivity contribution in [2.24, 2.45) is 5.73 Å². The minimum atomic E-state index is -2.30. The van der Waals surface area contributed by atoms with Gasteiger partial charge in [-0.05, 0) is 39.3 Å². The van der Waals surface area contributed by atoms with Crippen LogP contribution in [-0.2, 0) is 24.9 Å². The fourth-order valence-corrected chi connectivity index (χ4v) is 1.96. The molecule has 0 aliphatic heterocycles. The van der Waals surface area contributed by atoms with Gasteiger partial charge in [0, 0.05) is 23.4 Å². The van der Waals surface area contributed by atoms with Gasteiger partial charge < -0.3 is 9.47 Å². The molecule has 0 aliphatic carbocycles. The molecule has 0 bridgehead atoms. The van der Waals surface area contributed by atoms with Gasteiger partial charge in [-0.15, -0.1) is 0 Å². The molecule has 0 aromatic heterocycles. The highest BCUT2D eigenvalue weighted by Gasteiger charge is 2.28. The third-order valence-electron chi connectivity index (χ3n) is 2.95. The molecule has 0 fully saturated rings. The Balaban J connectivity index is 2.35. The summed E-state index contributed by atoms with van der Waals surface area (Å²) >= 11 is 5.73. The fraction of sp³-hybridized carbons (Fsp3) is 0.529. The van der Waals surface area contributed by atoms with Crippen molar-refractivity contribution in [3.63, 3.8) is 0 Å². The molecule has 5 nitrogen and oxygen atoms in total. The Labute approximate surface area is 146 Å². The first-order valence-electron chi connectivity index (χ1n) is 7.61. The van der Waals surface area contributed by atoms with Crippen LogP contribution in [0.25, 0.3) is 0 Å². The molecule has 1 unspecified atom stereocenters. The zero-order chi connectivity index (χ0) is 18.4. The summed E-state index contributed by atoms with van der Waals surface area (Å²) in [5.41, 5.74) is 5.12. The van der Waals surface area contributed by atoms with Crippen LogP contribution in [0.1, 0.15) is 45.6 Å². The SMILES string of the molecule is CC(C)(C)OC(=O)CCCC(=O)OCC(N)(F)c1ccc(Cl)cc1. The van der Waals surface area contributed by atoms with Gasteiger partial charge in [0.15, 0.2) is 0 Å². The molecule has 0 spiro atoms. The Morgan fingerprint density at radius 2 is 1.67 bits per heavy atom. The van der Waals surface area contributed by atoms with Crippen LogP contribution in [0.4, 0.5) is 4.39 Å². The second kappa shape index (κ2) is 8.44. The zero-order valence-electron chi connectivity index (χ0n) is 14.1. The molecule has 1 aromatic rings. The highest BCUT2D eigenvalue weighted by Crippen LogP contribution is 2.22. The van der Waals surface area contributed by atoms with Gasteiger partial charge >= 0.3 is 11.9 Å². The molecule has 7 heteroatoms. The van der Waals surface area contributed by atoms with Crippen molar-refractivity contribution in [1.29, 1.82) is 0 Å². The van der Waals surface area contributed by atoms with E-state index in [1.54, 1.807) is 20.8 Å². The van der Waals surface area contributed by atoms with Crippen LogP contribution in [-0.4, -0.2) is 24.1 Å². The van der Waals surface area contributed by atoms with Gasteiger partial charge in [0.2, 0.25) is 5.79 Å². The number of nitrogens with two attached hydrogens (primary N) is 1. The third-order valence-corrected chi connectivity index (χ3v) is 3.20. The second-order valence-corrected chi connectivity index (χ2v) is 6.91. The van der Waals surface area contributed by atoms with E-state index in [0.29, 0.717) is 5.02 Å². The molecule has 0 saturated heterocycles. The van der Waals surface area contributed by atoms with E-state index in [0.717, 1.165) is 0 Å². The minimum Gasteiger partial charge on any atom is -0.460 e. The van der Waals surface area contributed by atoms with Crippen molar-refractivity contribution in [2.45, 2.75) is 51.4 Å². The summed E-state index contributed by atoms with van der Waals surface area (Å²) in [5.74, 6) is -3.32. The maximum absolute atomic E-state index is 14.3. The number of esters is 2. The van der Waals surface area contributed by atoms with Gasteiger partial charge in [-0.1, -0.05) is 23.7 Å². The van der Waals surface area contributed by atoms with Crippen LogP contribution in [0, 0.1) is 0 Å². The predicted octanol–water partition coefficient (Wildman–Crippen LogP) is 3.48. The van der Waals surface area contributed by atoms with Crippen molar-refractivity contribution in [3.8, 4) is 0 Å². The lowest BCUT2D eigenvalue weighted by atomic mass is 10.1. The number of rotatable bonds is 7. The molecule has 24 heavy (non-hydrogen) atoms. The van der Waals surface area contributed by atoms with Crippen molar-refractivity contribution in [2.75, 3.05) is 6.61 Å². The molecule has 0 radical (unpaired) electrons. The summed E-state index contributed by atoms with van der Waals surface area (Å²) in [7, 11) is 0. The van der Waals surface area contributed by atoms with Crippen LogP contribution in [0.5, 0.6) is 0 Å². The topological polar surface area (TPSA) is 78.6 Å². The fourth-order valence-electron chi connectivity index (χ4n) is 1.84. The molecule has 1 atom stereocenters. The zero-order valence-corrected chi connectivity index (χ0v) is 14.9. The number of carbonyl (C=O) groups excluding carboxylic acids is 2. The number of halogens is 2. The molecular formula is C17H23ClFNO4. The van der Waals surface area contributed by atoms with Gasteiger partial charge in [-0.3, -0.25) is 15.3 Å². The lowest BCUT2D eigenvalue weighted by molar-refractivity contribution is -0.155. The number of hydrogen-bond acceptors (Lipinski definition) is 5. The average Bonchev–Trinajstić information content (AvgIpc) is 2.44. The lowest BCUT2D eigenvalue weighted by Gasteiger charge is -2.21. The Morgan fingerprint density at radius 1 is 1.12 bits per heavy atom. The highest BCUT2D eigenvalue weighted by molar-refractivity contribution is 6.30. The average molecular weight is 360 g/mol. The van der Waals surface area contributed by atoms with Crippen LogP contribution in [0.2, 0.25) is 5.02 Å². The number of ether oxygens (including phenoxy) is 2. The molecule has 0 amide bonds. The smallest absolute Gasteiger partial charge is 0.306 e. The Morgan fingerprint density at radius 3 is 2.21 bits per heavy atom. The maximum atomic E-state index is 14.3. The number of benzene rings is 1. The van der Waals surface area contributed by atoms with E-state index in [-0.39, 0.29) is 24.8 Å². The van der Waals surface area contributed by atoms with Crippen LogP contribution in [0.15, 0.2) is 24.3 Å². The van der Waals surface area contributed by atoms with Gasteiger partial charge in [0.1, 0.15) is 12.2 Å². The van der Waals surface area contributed by atoms with Gasteiger partial charge in [-0.2, -0.15) is 0 Å².